The summed E-state index contributed by atoms with van der Waals surface area (Å²) < 4.78 is 11.4. The number of carbonyl (C=O) groups excluding carboxylic acids is 1. The summed E-state index contributed by atoms with van der Waals surface area (Å²) in [6, 6.07) is 7.59. The quantitative estimate of drug-likeness (QED) is 0.912. The average Bonchev–Trinajstić information content (AvgIpc) is 3.33. The predicted molar refractivity (Wildman–Crippen MR) is 96.0 cm³/mol. The van der Waals surface area contributed by atoms with Crippen molar-refractivity contribution in [2.75, 3.05) is 39.4 Å². The van der Waals surface area contributed by atoms with E-state index in [0.717, 1.165) is 69.8 Å². The Morgan fingerprint density at radius 1 is 1.32 bits per heavy atom. The van der Waals surface area contributed by atoms with E-state index in [4.69, 9.17) is 9.47 Å². The van der Waals surface area contributed by atoms with Crippen LogP contribution in [0, 0.1) is 5.41 Å². The summed E-state index contributed by atoms with van der Waals surface area (Å²) in [7, 11) is 0. The lowest BCUT2D eigenvalue weighted by molar-refractivity contribution is 0.0605. The third kappa shape index (κ3) is 3.82. The van der Waals surface area contributed by atoms with Crippen molar-refractivity contribution < 1.29 is 14.3 Å². The number of hydrogen-bond donors (Lipinski definition) is 1. The second-order valence-corrected chi connectivity index (χ2v) is 7.69. The summed E-state index contributed by atoms with van der Waals surface area (Å²) in [6.07, 6.45) is 5.84. The maximum Gasteiger partial charge on any atom is 0.253 e. The zero-order valence-corrected chi connectivity index (χ0v) is 14.8. The predicted octanol–water partition coefficient (Wildman–Crippen LogP) is 2.46. The van der Waals surface area contributed by atoms with E-state index < -0.39 is 0 Å². The van der Waals surface area contributed by atoms with Crippen LogP contribution in [0.5, 0.6) is 5.75 Å². The molecule has 3 fully saturated rings. The van der Waals surface area contributed by atoms with Gasteiger partial charge in [-0.05, 0) is 62.3 Å². The molecule has 1 spiro atoms. The molecule has 1 aromatic rings. The monoisotopic (exact) mass is 344 g/mol. The van der Waals surface area contributed by atoms with E-state index in [1.54, 1.807) is 0 Å². The highest BCUT2D eigenvalue weighted by atomic mass is 16.5. The van der Waals surface area contributed by atoms with Crippen molar-refractivity contribution in [3.63, 3.8) is 0 Å². The number of amides is 1. The maximum atomic E-state index is 12.8. The molecule has 136 valence electrons. The van der Waals surface area contributed by atoms with E-state index in [1.807, 2.05) is 29.2 Å². The molecule has 1 aromatic carbocycles. The van der Waals surface area contributed by atoms with Gasteiger partial charge in [0.1, 0.15) is 12.4 Å². The van der Waals surface area contributed by atoms with Crippen LogP contribution in [0.25, 0.3) is 0 Å². The van der Waals surface area contributed by atoms with Crippen molar-refractivity contribution in [2.45, 2.75) is 38.2 Å². The Bertz CT molecular complexity index is 597. The van der Waals surface area contributed by atoms with Crippen LogP contribution in [0.15, 0.2) is 24.3 Å². The van der Waals surface area contributed by atoms with Crippen LogP contribution in [0.3, 0.4) is 0 Å². The van der Waals surface area contributed by atoms with E-state index in [9.17, 15) is 4.79 Å². The number of carbonyl (C=O) groups is 1. The third-order valence-corrected chi connectivity index (χ3v) is 5.98. The van der Waals surface area contributed by atoms with Gasteiger partial charge in [0.05, 0.1) is 6.10 Å². The van der Waals surface area contributed by atoms with Crippen LogP contribution in [0.1, 0.15) is 42.5 Å². The fourth-order valence-corrected chi connectivity index (χ4v) is 4.27. The molecule has 5 heteroatoms. The SMILES string of the molecule is O=C(c1cccc(OCC2CCCO2)c1)N1CCC2(CCNC2)CC1. The molecule has 0 radical (unpaired) electrons. The molecular weight excluding hydrogens is 316 g/mol. The number of ether oxygens (including phenoxy) is 2. The molecule has 3 aliphatic rings. The smallest absolute Gasteiger partial charge is 0.253 e. The number of nitrogens with one attached hydrogen (secondary N) is 1. The highest BCUT2D eigenvalue weighted by molar-refractivity contribution is 5.94. The summed E-state index contributed by atoms with van der Waals surface area (Å²) in [5.41, 5.74) is 1.16. The van der Waals surface area contributed by atoms with Gasteiger partial charge in [-0.2, -0.15) is 0 Å². The first-order chi connectivity index (χ1) is 12.2. The van der Waals surface area contributed by atoms with Crippen molar-refractivity contribution in [1.29, 1.82) is 0 Å². The molecule has 0 aromatic heterocycles. The highest BCUT2D eigenvalue weighted by Gasteiger charge is 2.38. The number of nitrogens with zero attached hydrogens (tertiary/aromatic N) is 1. The van der Waals surface area contributed by atoms with Gasteiger partial charge in [-0.1, -0.05) is 6.07 Å². The van der Waals surface area contributed by atoms with Gasteiger partial charge in [0, 0.05) is 31.8 Å². The fourth-order valence-electron chi connectivity index (χ4n) is 4.27. The second-order valence-electron chi connectivity index (χ2n) is 7.69. The van der Waals surface area contributed by atoms with Gasteiger partial charge in [0.25, 0.3) is 5.91 Å². The molecule has 0 saturated carbocycles. The minimum absolute atomic E-state index is 0.128. The Labute approximate surface area is 149 Å². The van der Waals surface area contributed by atoms with Crippen LogP contribution < -0.4 is 10.1 Å². The zero-order valence-electron chi connectivity index (χ0n) is 14.8. The summed E-state index contributed by atoms with van der Waals surface area (Å²) in [5, 5.41) is 3.47. The number of piperidine rings is 1. The van der Waals surface area contributed by atoms with Crippen molar-refractivity contribution in [1.82, 2.24) is 10.2 Å². The van der Waals surface area contributed by atoms with Crippen LogP contribution in [0.2, 0.25) is 0 Å². The van der Waals surface area contributed by atoms with Crippen LogP contribution in [-0.2, 0) is 4.74 Å². The first-order valence-corrected chi connectivity index (χ1v) is 9.59. The molecule has 1 N–H and O–H groups in total. The van der Waals surface area contributed by atoms with E-state index in [0.29, 0.717) is 12.0 Å². The van der Waals surface area contributed by atoms with E-state index >= 15 is 0 Å². The van der Waals surface area contributed by atoms with E-state index in [-0.39, 0.29) is 12.0 Å². The Hall–Kier alpha value is -1.59. The van der Waals surface area contributed by atoms with Crippen molar-refractivity contribution >= 4 is 5.91 Å². The first kappa shape index (κ1) is 16.9. The maximum absolute atomic E-state index is 12.8. The molecule has 1 unspecified atom stereocenters. The molecule has 3 saturated heterocycles. The minimum atomic E-state index is 0.128. The van der Waals surface area contributed by atoms with Gasteiger partial charge >= 0.3 is 0 Å². The third-order valence-electron chi connectivity index (χ3n) is 5.98. The van der Waals surface area contributed by atoms with Gasteiger partial charge in [0.15, 0.2) is 0 Å². The molecule has 0 bridgehead atoms. The normalized spacial score (nSPS) is 25.4. The summed E-state index contributed by atoms with van der Waals surface area (Å²) in [5.74, 6) is 0.887. The van der Waals surface area contributed by atoms with Gasteiger partial charge in [-0.25, -0.2) is 0 Å². The largest absolute Gasteiger partial charge is 0.491 e. The number of rotatable bonds is 4. The molecule has 4 rings (SSSR count). The van der Waals surface area contributed by atoms with Crippen molar-refractivity contribution in [3.05, 3.63) is 29.8 Å². The topological polar surface area (TPSA) is 50.8 Å². The number of likely N-dealkylation sites (tertiary alicyclic amines) is 1. The molecule has 3 aliphatic heterocycles. The summed E-state index contributed by atoms with van der Waals surface area (Å²) in [4.78, 5) is 14.8. The molecule has 1 amide bonds. The molecule has 3 heterocycles. The molecule has 1 atom stereocenters. The fraction of sp³-hybridized carbons (Fsp3) is 0.650. The Morgan fingerprint density at radius 3 is 2.92 bits per heavy atom. The summed E-state index contributed by atoms with van der Waals surface area (Å²) >= 11 is 0. The molecule has 5 nitrogen and oxygen atoms in total. The Kier molecular flexibility index (Phi) is 4.95. The van der Waals surface area contributed by atoms with Crippen LogP contribution >= 0.6 is 0 Å². The summed E-state index contributed by atoms with van der Waals surface area (Å²) in [6.45, 7) is 5.36. The van der Waals surface area contributed by atoms with Crippen LogP contribution in [-0.4, -0.2) is 56.3 Å². The molecule has 25 heavy (non-hydrogen) atoms. The zero-order chi connectivity index (χ0) is 17.1. The number of hydrogen-bond acceptors (Lipinski definition) is 4. The van der Waals surface area contributed by atoms with Gasteiger partial charge < -0.3 is 19.7 Å². The number of benzene rings is 1. The lowest BCUT2D eigenvalue weighted by Crippen LogP contribution is -2.44. The first-order valence-electron chi connectivity index (χ1n) is 9.59. The van der Waals surface area contributed by atoms with Gasteiger partial charge in [-0.15, -0.1) is 0 Å². The lowest BCUT2D eigenvalue weighted by Gasteiger charge is -2.38. The van der Waals surface area contributed by atoms with E-state index in [2.05, 4.69) is 5.32 Å². The second kappa shape index (κ2) is 7.34. The molecular formula is C20H28N2O3. The standard InChI is InChI=1S/C20H28N2O3/c23-19(22-10-7-20(8-11-22)6-9-21-15-20)16-3-1-4-17(13-16)25-14-18-5-2-12-24-18/h1,3-4,13,18,21H,2,5-12,14-15H2. The molecule has 0 aliphatic carbocycles. The Balaban J connectivity index is 1.34. The Morgan fingerprint density at radius 2 is 2.20 bits per heavy atom. The highest BCUT2D eigenvalue weighted by Crippen LogP contribution is 2.37. The van der Waals surface area contributed by atoms with Crippen molar-refractivity contribution in [2.24, 2.45) is 5.41 Å². The van der Waals surface area contributed by atoms with E-state index in [1.165, 1.54) is 6.42 Å². The lowest BCUT2D eigenvalue weighted by atomic mass is 9.78. The van der Waals surface area contributed by atoms with Gasteiger partial charge in [-0.3, -0.25) is 4.79 Å². The van der Waals surface area contributed by atoms with Crippen LogP contribution in [0.4, 0.5) is 0 Å². The minimum Gasteiger partial charge on any atom is -0.491 e. The van der Waals surface area contributed by atoms with Crippen molar-refractivity contribution in [3.8, 4) is 5.75 Å². The van der Waals surface area contributed by atoms with Gasteiger partial charge in [0.2, 0.25) is 0 Å². The average molecular weight is 344 g/mol.